The summed E-state index contributed by atoms with van der Waals surface area (Å²) in [5, 5.41) is 8.57. The zero-order valence-electron chi connectivity index (χ0n) is 15.4. The molecule has 4 heterocycles. The number of nitrogens with one attached hydrogen (secondary N) is 1. The summed E-state index contributed by atoms with van der Waals surface area (Å²) in [6.07, 6.45) is 2.42. The minimum Gasteiger partial charge on any atom is -0.354 e. The molecule has 0 radical (unpaired) electrons. The second-order valence-electron chi connectivity index (χ2n) is 7.00. The Bertz CT molecular complexity index is 973. The molecule has 2 aliphatic rings. The topological polar surface area (TPSA) is 90.6 Å². The number of aromatic nitrogens is 3. The largest absolute Gasteiger partial charge is 0.354 e. The number of fused-ring (bicyclic) bond motifs is 1. The standard InChI is InChI=1S/C18H21N7O2S/c26-17(19-15-13-5-1-2-6-14(13)27-21-15)24-9-11-25(12-10-24)18-20-16(22-28-18)23-7-3-4-8-23/h1-2,5-6H,3-4,7-12H2,(H,19,21,26). The monoisotopic (exact) mass is 399 g/mol. The zero-order chi connectivity index (χ0) is 18.9. The van der Waals surface area contributed by atoms with Gasteiger partial charge in [-0.3, -0.25) is 5.32 Å². The molecule has 0 spiro atoms. The molecule has 1 aromatic carbocycles. The van der Waals surface area contributed by atoms with E-state index in [2.05, 4.69) is 24.6 Å². The van der Waals surface area contributed by atoms with Gasteiger partial charge in [-0.05, 0) is 25.0 Å². The highest BCUT2D eigenvalue weighted by Crippen LogP contribution is 2.26. The van der Waals surface area contributed by atoms with Gasteiger partial charge in [0.25, 0.3) is 0 Å². The van der Waals surface area contributed by atoms with Gasteiger partial charge in [0.15, 0.2) is 11.4 Å². The molecule has 9 nitrogen and oxygen atoms in total. The molecular formula is C18H21N7O2S. The summed E-state index contributed by atoms with van der Waals surface area (Å²) in [5.74, 6) is 1.30. The van der Waals surface area contributed by atoms with Gasteiger partial charge in [0.05, 0.1) is 5.39 Å². The third-order valence-electron chi connectivity index (χ3n) is 5.23. The van der Waals surface area contributed by atoms with Crippen LogP contribution in [0.5, 0.6) is 0 Å². The second kappa shape index (κ2) is 7.27. The van der Waals surface area contributed by atoms with Crippen LogP contribution in [0.4, 0.5) is 21.7 Å². The van der Waals surface area contributed by atoms with Crippen molar-refractivity contribution < 1.29 is 9.32 Å². The van der Waals surface area contributed by atoms with Crippen LogP contribution in [0.25, 0.3) is 11.0 Å². The fourth-order valence-electron chi connectivity index (χ4n) is 3.64. The Kier molecular flexibility index (Phi) is 4.47. The lowest BCUT2D eigenvalue weighted by atomic mass is 10.2. The van der Waals surface area contributed by atoms with Crippen molar-refractivity contribution in [2.24, 2.45) is 0 Å². The molecule has 0 atom stereocenters. The smallest absolute Gasteiger partial charge is 0.323 e. The molecule has 0 unspecified atom stereocenters. The molecule has 146 valence electrons. The zero-order valence-corrected chi connectivity index (χ0v) is 16.2. The fourth-order valence-corrected chi connectivity index (χ4v) is 4.38. The van der Waals surface area contributed by atoms with E-state index in [9.17, 15) is 4.79 Å². The van der Waals surface area contributed by atoms with Crippen molar-refractivity contribution in [2.75, 3.05) is 54.4 Å². The van der Waals surface area contributed by atoms with Crippen LogP contribution in [0.1, 0.15) is 12.8 Å². The van der Waals surface area contributed by atoms with Gasteiger partial charge in [-0.25, -0.2) is 4.79 Å². The van der Waals surface area contributed by atoms with Crippen molar-refractivity contribution in [1.29, 1.82) is 0 Å². The van der Waals surface area contributed by atoms with Crippen molar-refractivity contribution in [1.82, 2.24) is 19.4 Å². The van der Waals surface area contributed by atoms with E-state index in [-0.39, 0.29) is 6.03 Å². The highest BCUT2D eigenvalue weighted by molar-refractivity contribution is 7.09. The van der Waals surface area contributed by atoms with E-state index in [1.807, 2.05) is 24.3 Å². The number of para-hydroxylation sites is 1. The Hall–Kier alpha value is -2.88. The molecular weight excluding hydrogens is 378 g/mol. The number of hydrogen-bond acceptors (Lipinski definition) is 8. The SMILES string of the molecule is O=C(Nc1noc2ccccc12)N1CCN(c2nc(N3CCCC3)ns2)CC1. The van der Waals surface area contributed by atoms with Crippen LogP contribution in [0.15, 0.2) is 28.8 Å². The third kappa shape index (κ3) is 3.24. The van der Waals surface area contributed by atoms with Gasteiger partial charge in [-0.15, -0.1) is 0 Å². The summed E-state index contributed by atoms with van der Waals surface area (Å²) < 4.78 is 9.76. The summed E-state index contributed by atoms with van der Waals surface area (Å²) >= 11 is 1.44. The van der Waals surface area contributed by atoms with E-state index in [4.69, 9.17) is 9.51 Å². The number of amides is 2. The van der Waals surface area contributed by atoms with E-state index in [1.54, 1.807) is 4.90 Å². The highest BCUT2D eigenvalue weighted by Gasteiger charge is 2.25. The van der Waals surface area contributed by atoms with E-state index < -0.39 is 0 Å². The normalized spacial score (nSPS) is 17.5. The quantitative estimate of drug-likeness (QED) is 0.724. The number of piperazine rings is 1. The van der Waals surface area contributed by atoms with Crippen LogP contribution < -0.4 is 15.1 Å². The molecule has 5 rings (SSSR count). The van der Waals surface area contributed by atoms with Crippen LogP contribution in [0.2, 0.25) is 0 Å². The summed E-state index contributed by atoms with van der Waals surface area (Å²) in [6, 6.07) is 7.32. The van der Waals surface area contributed by atoms with Gasteiger partial charge in [0.1, 0.15) is 0 Å². The molecule has 2 amide bonds. The maximum Gasteiger partial charge on any atom is 0.323 e. The van der Waals surface area contributed by atoms with Crippen molar-refractivity contribution in [3.05, 3.63) is 24.3 Å². The maximum atomic E-state index is 12.6. The summed E-state index contributed by atoms with van der Waals surface area (Å²) in [5.41, 5.74) is 0.660. The Labute approximate surface area is 166 Å². The lowest BCUT2D eigenvalue weighted by Gasteiger charge is -2.34. The highest BCUT2D eigenvalue weighted by atomic mass is 32.1. The Morgan fingerprint density at radius 1 is 1.04 bits per heavy atom. The summed E-state index contributed by atoms with van der Waals surface area (Å²) in [4.78, 5) is 23.5. The van der Waals surface area contributed by atoms with Gasteiger partial charge in [-0.2, -0.15) is 9.36 Å². The Morgan fingerprint density at radius 2 is 1.82 bits per heavy atom. The number of rotatable bonds is 3. The number of benzene rings is 1. The van der Waals surface area contributed by atoms with Crippen molar-refractivity contribution in [3.63, 3.8) is 0 Å². The minimum atomic E-state index is -0.159. The van der Waals surface area contributed by atoms with Crippen LogP contribution in [-0.4, -0.2) is 64.7 Å². The summed E-state index contributed by atoms with van der Waals surface area (Å²) in [7, 11) is 0. The van der Waals surface area contributed by atoms with E-state index in [1.165, 1.54) is 24.4 Å². The lowest BCUT2D eigenvalue weighted by molar-refractivity contribution is 0.208. The van der Waals surface area contributed by atoms with Gasteiger partial charge in [0.2, 0.25) is 11.1 Å². The number of carbonyl (C=O) groups excluding carboxylic acids is 1. The summed E-state index contributed by atoms with van der Waals surface area (Å²) in [6.45, 7) is 4.81. The number of nitrogens with zero attached hydrogens (tertiary/aromatic N) is 6. The average Bonchev–Trinajstić information content (AvgIpc) is 3.49. The first-order valence-electron chi connectivity index (χ1n) is 9.52. The minimum absolute atomic E-state index is 0.159. The number of urea groups is 1. The van der Waals surface area contributed by atoms with Crippen LogP contribution in [0, 0.1) is 0 Å². The molecule has 2 aromatic heterocycles. The van der Waals surface area contributed by atoms with Crippen molar-refractivity contribution >= 4 is 45.4 Å². The Morgan fingerprint density at radius 3 is 2.64 bits per heavy atom. The fraction of sp³-hybridized carbons (Fsp3) is 0.444. The molecule has 3 aromatic rings. The van der Waals surface area contributed by atoms with E-state index in [0.29, 0.717) is 24.5 Å². The molecule has 2 saturated heterocycles. The van der Waals surface area contributed by atoms with Gasteiger partial charge in [-0.1, -0.05) is 17.3 Å². The molecule has 2 fully saturated rings. The average molecular weight is 399 g/mol. The predicted molar refractivity (Wildman–Crippen MR) is 108 cm³/mol. The molecule has 0 aliphatic carbocycles. The molecule has 0 bridgehead atoms. The molecule has 28 heavy (non-hydrogen) atoms. The third-order valence-corrected chi connectivity index (χ3v) is 6.00. The second-order valence-corrected chi connectivity index (χ2v) is 7.73. The number of hydrogen-bond donors (Lipinski definition) is 1. The maximum absolute atomic E-state index is 12.6. The van der Waals surface area contributed by atoms with Crippen LogP contribution >= 0.6 is 11.5 Å². The van der Waals surface area contributed by atoms with Gasteiger partial charge in [0, 0.05) is 50.8 Å². The number of anilines is 3. The molecule has 0 saturated carbocycles. The molecule has 2 aliphatic heterocycles. The first-order valence-corrected chi connectivity index (χ1v) is 10.3. The predicted octanol–water partition coefficient (Wildman–Crippen LogP) is 2.63. The van der Waals surface area contributed by atoms with Crippen molar-refractivity contribution in [3.8, 4) is 0 Å². The Balaban J connectivity index is 1.19. The van der Waals surface area contributed by atoms with E-state index >= 15 is 0 Å². The van der Waals surface area contributed by atoms with Gasteiger partial charge >= 0.3 is 6.03 Å². The van der Waals surface area contributed by atoms with E-state index in [0.717, 1.165) is 42.6 Å². The van der Waals surface area contributed by atoms with Gasteiger partial charge < -0.3 is 19.2 Å². The number of carbonyl (C=O) groups is 1. The van der Waals surface area contributed by atoms with Crippen LogP contribution in [-0.2, 0) is 0 Å². The van der Waals surface area contributed by atoms with Crippen LogP contribution in [0.3, 0.4) is 0 Å². The lowest BCUT2D eigenvalue weighted by Crippen LogP contribution is -2.50. The molecule has 10 heteroatoms. The first kappa shape index (κ1) is 17.2. The van der Waals surface area contributed by atoms with Crippen molar-refractivity contribution in [2.45, 2.75) is 12.8 Å². The first-order chi connectivity index (χ1) is 13.8. The molecule has 1 N–H and O–H groups in total.